The minimum Gasteiger partial charge on any atom is -0.336 e. The minimum atomic E-state index is -3.71. The Kier molecular flexibility index (Phi) is 4.78. The molecule has 1 aromatic heterocycles. The van der Waals surface area contributed by atoms with Gasteiger partial charge in [-0.15, -0.1) is 0 Å². The molecular formula is C16H15F2N3O3S. The van der Waals surface area contributed by atoms with Crippen molar-refractivity contribution in [2.24, 2.45) is 0 Å². The molecule has 1 amide bonds. The van der Waals surface area contributed by atoms with E-state index in [1.807, 2.05) is 0 Å². The van der Waals surface area contributed by atoms with Gasteiger partial charge in [0.25, 0.3) is 5.91 Å². The molecule has 0 N–H and O–H groups in total. The zero-order chi connectivity index (χ0) is 18.0. The van der Waals surface area contributed by atoms with Gasteiger partial charge >= 0.3 is 0 Å². The summed E-state index contributed by atoms with van der Waals surface area (Å²) in [6.45, 7) is 0.177. The van der Waals surface area contributed by atoms with Crippen LogP contribution in [0.1, 0.15) is 10.4 Å². The third-order valence-electron chi connectivity index (χ3n) is 3.97. The summed E-state index contributed by atoms with van der Waals surface area (Å²) in [5.41, 5.74) is -0.619. The highest BCUT2D eigenvalue weighted by Crippen LogP contribution is 2.19. The SMILES string of the molecule is O=C(c1c(F)cccc1F)N1CCN(S(=O)(=O)c2cccnc2)CC1. The number of benzene rings is 1. The highest BCUT2D eigenvalue weighted by molar-refractivity contribution is 7.89. The normalized spacial score (nSPS) is 16.0. The van der Waals surface area contributed by atoms with Gasteiger partial charge in [-0.2, -0.15) is 4.31 Å². The maximum Gasteiger partial charge on any atom is 0.259 e. The lowest BCUT2D eigenvalue weighted by Crippen LogP contribution is -2.50. The van der Waals surface area contributed by atoms with Crippen LogP contribution < -0.4 is 0 Å². The topological polar surface area (TPSA) is 70.6 Å². The number of hydrogen-bond donors (Lipinski definition) is 0. The van der Waals surface area contributed by atoms with E-state index in [0.717, 1.165) is 12.1 Å². The monoisotopic (exact) mass is 367 g/mol. The number of pyridine rings is 1. The molecule has 0 radical (unpaired) electrons. The Morgan fingerprint density at radius 3 is 2.20 bits per heavy atom. The second-order valence-corrected chi connectivity index (χ2v) is 7.42. The molecule has 25 heavy (non-hydrogen) atoms. The Balaban J connectivity index is 1.73. The number of hydrogen-bond acceptors (Lipinski definition) is 4. The molecule has 0 aliphatic carbocycles. The predicted molar refractivity (Wildman–Crippen MR) is 85.3 cm³/mol. The van der Waals surface area contributed by atoms with E-state index in [4.69, 9.17) is 0 Å². The van der Waals surface area contributed by atoms with Crippen LogP contribution >= 0.6 is 0 Å². The third kappa shape index (κ3) is 3.38. The van der Waals surface area contributed by atoms with E-state index in [2.05, 4.69) is 4.98 Å². The number of amides is 1. The van der Waals surface area contributed by atoms with E-state index >= 15 is 0 Å². The molecule has 3 rings (SSSR count). The first-order valence-corrected chi connectivity index (χ1v) is 8.99. The fraction of sp³-hybridized carbons (Fsp3) is 0.250. The zero-order valence-corrected chi connectivity index (χ0v) is 13.9. The number of rotatable bonds is 3. The van der Waals surface area contributed by atoms with Gasteiger partial charge in [0, 0.05) is 38.6 Å². The summed E-state index contributed by atoms with van der Waals surface area (Å²) in [6.07, 6.45) is 2.72. The van der Waals surface area contributed by atoms with Crippen LogP contribution in [0.4, 0.5) is 8.78 Å². The summed E-state index contributed by atoms with van der Waals surface area (Å²) < 4.78 is 53.7. The summed E-state index contributed by atoms with van der Waals surface area (Å²) in [6, 6.07) is 6.17. The lowest BCUT2D eigenvalue weighted by molar-refractivity contribution is 0.0688. The Hall–Kier alpha value is -2.39. The number of piperazine rings is 1. The standard InChI is InChI=1S/C16H15F2N3O3S/c17-13-4-1-5-14(18)15(13)16(22)20-7-9-21(10-8-20)25(23,24)12-3-2-6-19-11-12/h1-6,11H,7-10H2. The molecule has 0 atom stereocenters. The first kappa shape index (κ1) is 17.4. The molecule has 2 aromatic rings. The number of sulfonamides is 1. The molecule has 2 heterocycles. The summed E-state index contributed by atoms with van der Waals surface area (Å²) >= 11 is 0. The average molecular weight is 367 g/mol. The van der Waals surface area contributed by atoms with Gasteiger partial charge < -0.3 is 4.90 Å². The number of aromatic nitrogens is 1. The van der Waals surface area contributed by atoms with E-state index in [0.29, 0.717) is 0 Å². The van der Waals surface area contributed by atoms with Crippen LogP contribution in [-0.4, -0.2) is 54.7 Å². The van der Waals surface area contributed by atoms with Gasteiger partial charge in [0.15, 0.2) is 0 Å². The van der Waals surface area contributed by atoms with Crippen LogP contribution in [0.25, 0.3) is 0 Å². The molecular weight excluding hydrogens is 352 g/mol. The number of carbonyl (C=O) groups is 1. The van der Waals surface area contributed by atoms with Gasteiger partial charge in [0.05, 0.1) is 0 Å². The van der Waals surface area contributed by atoms with Crippen LogP contribution in [0.15, 0.2) is 47.6 Å². The van der Waals surface area contributed by atoms with E-state index in [9.17, 15) is 22.0 Å². The fourth-order valence-corrected chi connectivity index (χ4v) is 4.03. The molecule has 1 saturated heterocycles. The lowest BCUT2D eigenvalue weighted by Gasteiger charge is -2.34. The van der Waals surface area contributed by atoms with E-state index in [-0.39, 0.29) is 31.1 Å². The molecule has 1 aliphatic heterocycles. The first-order valence-electron chi connectivity index (χ1n) is 7.55. The van der Waals surface area contributed by atoms with Gasteiger partial charge in [-0.25, -0.2) is 17.2 Å². The molecule has 0 unspecified atom stereocenters. The first-order chi connectivity index (χ1) is 11.9. The number of halogens is 2. The average Bonchev–Trinajstić information content (AvgIpc) is 2.62. The molecule has 0 saturated carbocycles. The fourth-order valence-electron chi connectivity index (χ4n) is 2.64. The Bertz CT molecular complexity index is 863. The third-order valence-corrected chi connectivity index (χ3v) is 5.86. The highest BCUT2D eigenvalue weighted by atomic mass is 32.2. The van der Waals surface area contributed by atoms with Crippen molar-refractivity contribution < 1.29 is 22.0 Å². The summed E-state index contributed by atoms with van der Waals surface area (Å²) in [4.78, 5) is 17.4. The van der Waals surface area contributed by atoms with E-state index in [1.54, 1.807) is 0 Å². The summed E-state index contributed by atoms with van der Waals surface area (Å²) in [5.74, 6) is -2.65. The second-order valence-electron chi connectivity index (χ2n) is 5.48. The van der Waals surface area contributed by atoms with Crippen LogP contribution in [-0.2, 0) is 10.0 Å². The molecule has 0 bridgehead atoms. The lowest BCUT2D eigenvalue weighted by atomic mass is 10.1. The quantitative estimate of drug-likeness (QED) is 0.825. The Morgan fingerprint density at radius 1 is 1.00 bits per heavy atom. The van der Waals surface area contributed by atoms with Crippen molar-refractivity contribution >= 4 is 15.9 Å². The molecule has 9 heteroatoms. The van der Waals surface area contributed by atoms with Crippen LogP contribution in [0.5, 0.6) is 0 Å². The number of carbonyl (C=O) groups excluding carboxylic acids is 1. The molecule has 132 valence electrons. The second kappa shape index (κ2) is 6.85. The van der Waals surface area contributed by atoms with E-state index < -0.39 is 33.1 Å². The van der Waals surface area contributed by atoms with Crippen LogP contribution in [0, 0.1) is 11.6 Å². The molecule has 0 spiro atoms. The van der Waals surface area contributed by atoms with Gasteiger partial charge in [0.2, 0.25) is 10.0 Å². The maximum atomic E-state index is 13.7. The van der Waals surface area contributed by atoms with E-state index in [1.165, 1.54) is 39.8 Å². The van der Waals surface area contributed by atoms with Crippen molar-refractivity contribution in [3.63, 3.8) is 0 Å². The van der Waals surface area contributed by atoms with Crippen molar-refractivity contribution in [1.82, 2.24) is 14.2 Å². The Morgan fingerprint density at radius 2 is 1.64 bits per heavy atom. The summed E-state index contributed by atoms with van der Waals surface area (Å²) in [7, 11) is -3.71. The van der Waals surface area contributed by atoms with Gasteiger partial charge in [-0.1, -0.05) is 6.07 Å². The predicted octanol–water partition coefficient (Wildman–Crippen LogP) is 1.51. The molecule has 1 aromatic carbocycles. The molecule has 6 nitrogen and oxygen atoms in total. The highest BCUT2D eigenvalue weighted by Gasteiger charge is 2.32. The van der Waals surface area contributed by atoms with Crippen molar-refractivity contribution in [3.8, 4) is 0 Å². The van der Waals surface area contributed by atoms with Gasteiger partial charge in [-0.05, 0) is 24.3 Å². The minimum absolute atomic E-state index is 0.0407. The smallest absolute Gasteiger partial charge is 0.259 e. The zero-order valence-electron chi connectivity index (χ0n) is 13.1. The maximum absolute atomic E-state index is 13.7. The number of nitrogens with zero attached hydrogens (tertiary/aromatic N) is 3. The van der Waals surface area contributed by atoms with Crippen molar-refractivity contribution in [3.05, 3.63) is 59.9 Å². The van der Waals surface area contributed by atoms with Gasteiger partial charge in [0.1, 0.15) is 22.1 Å². The summed E-state index contributed by atoms with van der Waals surface area (Å²) in [5, 5.41) is 0. The van der Waals surface area contributed by atoms with Crippen molar-refractivity contribution in [1.29, 1.82) is 0 Å². The van der Waals surface area contributed by atoms with Crippen molar-refractivity contribution in [2.75, 3.05) is 26.2 Å². The Labute approximate surface area is 143 Å². The van der Waals surface area contributed by atoms with Crippen LogP contribution in [0.2, 0.25) is 0 Å². The van der Waals surface area contributed by atoms with Gasteiger partial charge in [-0.3, -0.25) is 9.78 Å². The van der Waals surface area contributed by atoms with Crippen molar-refractivity contribution in [2.45, 2.75) is 4.90 Å². The molecule has 1 aliphatic rings. The largest absolute Gasteiger partial charge is 0.336 e. The molecule has 1 fully saturated rings. The van der Waals surface area contributed by atoms with Crippen LogP contribution in [0.3, 0.4) is 0 Å².